The first kappa shape index (κ1) is 17.9. The Morgan fingerprint density at radius 2 is 2.17 bits per heavy atom. The second-order valence-corrected chi connectivity index (χ2v) is 7.48. The molecule has 2 unspecified atom stereocenters. The smallest absolute Gasteiger partial charge is 0.407 e. The van der Waals surface area contributed by atoms with Crippen LogP contribution in [0, 0.1) is 12.8 Å². The van der Waals surface area contributed by atoms with Gasteiger partial charge in [-0.1, -0.05) is 18.0 Å². The zero-order chi connectivity index (χ0) is 17.0. The Hall–Kier alpha value is -1.49. The molecular formula is C17H26ClN3O2. The number of anilines is 1. The van der Waals surface area contributed by atoms with Gasteiger partial charge in [0, 0.05) is 18.8 Å². The van der Waals surface area contributed by atoms with Crippen LogP contribution in [-0.4, -0.2) is 29.3 Å². The molecule has 1 aromatic rings. The predicted octanol–water partition coefficient (Wildman–Crippen LogP) is 4.15. The number of hydrogen-bond acceptors (Lipinski definition) is 4. The van der Waals surface area contributed by atoms with Gasteiger partial charge in [-0.3, -0.25) is 0 Å². The number of pyridine rings is 1. The van der Waals surface area contributed by atoms with Crippen LogP contribution in [0.4, 0.5) is 10.5 Å². The van der Waals surface area contributed by atoms with E-state index < -0.39 is 5.60 Å². The summed E-state index contributed by atoms with van der Waals surface area (Å²) in [5.74, 6) is 0.359. The molecule has 128 valence electrons. The molecule has 0 aliphatic heterocycles. The molecule has 0 bridgehead atoms. The highest BCUT2D eigenvalue weighted by atomic mass is 35.5. The van der Waals surface area contributed by atoms with Crippen molar-refractivity contribution in [1.82, 2.24) is 10.3 Å². The highest BCUT2D eigenvalue weighted by Crippen LogP contribution is 2.31. The third kappa shape index (κ3) is 5.27. The van der Waals surface area contributed by atoms with Crippen LogP contribution >= 0.6 is 11.6 Å². The number of carbonyl (C=O) groups excluding carboxylic acids is 1. The fraction of sp³-hybridized carbons (Fsp3) is 0.647. The Labute approximate surface area is 143 Å². The quantitative estimate of drug-likeness (QED) is 0.809. The number of nitrogens with one attached hydrogen (secondary N) is 2. The number of aryl methyl sites for hydroxylation is 1. The number of aromatic nitrogens is 1. The lowest BCUT2D eigenvalue weighted by Crippen LogP contribution is -2.38. The second-order valence-electron chi connectivity index (χ2n) is 7.12. The molecule has 0 aromatic carbocycles. The minimum absolute atomic E-state index is 0.283. The van der Waals surface area contributed by atoms with E-state index in [1.807, 2.05) is 33.8 Å². The van der Waals surface area contributed by atoms with Crippen molar-refractivity contribution < 1.29 is 9.53 Å². The zero-order valence-electron chi connectivity index (χ0n) is 14.3. The summed E-state index contributed by atoms with van der Waals surface area (Å²) in [7, 11) is 0. The summed E-state index contributed by atoms with van der Waals surface area (Å²) >= 11 is 6.19. The Kier molecular flexibility index (Phi) is 5.74. The number of halogens is 1. The average Bonchev–Trinajstić information content (AvgIpc) is 2.86. The Balaban J connectivity index is 1.92. The highest BCUT2D eigenvalue weighted by Gasteiger charge is 2.29. The molecule has 1 fully saturated rings. The molecule has 1 heterocycles. The van der Waals surface area contributed by atoms with Crippen LogP contribution < -0.4 is 10.6 Å². The van der Waals surface area contributed by atoms with Crippen LogP contribution in [0.5, 0.6) is 0 Å². The lowest BCUT2D eigenvalue weighted by atomic mass is 10.0. The summed E-state index contributed by atoms with van der Waals surface area (Å²) in [5.41, 5.74) is 1.50. The van der Waals surface area contributed by atoms with E-state index >= 15 is 0 Å². The van der Waals surface area contributed by atoms with Crippen LogP contribution in [0.15, 0.2) is 12.3 Å². The zero-order valence-corrected chi connectivity index (χ0v) is 15.0. The van der Waals surface area contributed by atoms with E-state index in [4.69, 9.17) is 16.3 Å². The summed E-state index contributed by atoms with van der Waals surface area (Å²) in [6.07, 6.45) is 4.61. The minimum Gasteiger partial charge on any atom is -0.444 e. The molecule has 2 rings (SSSR count). The largest absolute Gasteiger partial charge is 0.444 e. The van der Waals surface area contributed by atoms with Crippen molar-refractivity contribution in [2.45, 2.75) is 58.6 Å². The summed E-state index contributed by atoms with van der Waals surface area (Å²) in [4.78, 5) is 15.9. The molecule has 1 aliphatic carbocycles. The fourth-order valence-corrected chi connectivity index (χ4v) is 3.14. The molecule has 2 atom stereocenters. The molecule has 1 aliphatic rings. The van der Waals surface area contributed by atoms with Gasteiger partial charge < -0.3 is 15.4 Å². The topological polar surface area (TPSA) is 63.2 Å². The normalized spacial score (nSPS) is 21.1. The summed E-state index contributed by atoms with van der Waals surface area (Å²) < 4.78 is 5.29. The monoisotopic (exact) mass is 339 g/mol. The van der Waals surface area contributed by atoms with Crippen LogP contribution in [0.2, 0.25) is 5.15 Å². The van der Waals surface area contributed by atoms with Gasteiger partial charge in [-0.25, -0.2) is 9.78 Å². The molecule has 1 saturated carbocycles. The van der Waals surface area contributed by atoms with Crippen molar-refractivity contribution in [2.24, 2.45) is 5.92 Å². The van der Waals surface area contributed by atoms with Crippen LogP contribution in [0.1, 0.15) is 45.6 Å². The Morgan fingerprint density at radius 3 is 2.83 bits per heavy atom. The maximum Gasteiger partial charge on any atom is 0.407 e. The van der Waals surface area contributed by atoms with E-state index in [2.05, 4.69) is 15.6 Å². The van der Waals surface area contributed by atoms with Crippen LogP contribution in [0.25, 0.3) is 0 Å². The SMILES string of the molecule is Cc1ccnc(Cl)c1NC1CCCC1CNC(=O)OC(C)(C)C. The second kappa shape index (κ2) is 7.39. The van der Waals surface area contributed by atoms with Crippen LogP contribution in [-0.2, 0) is 4.74 Å². The Bertz CT molecular complexity index is 537. The molecule has 1 aromatic heterocycles. The number of nitrogens with zero attached hydrogens (tertiary/aromatic N) is 1. The van der Waals surface area contributed by atoms with E-state index in [1.165, 1.54) is 0 Å². The molecule has 0 spiro atoms. The number of rotatable bonds is 4. The van der Waals surface area contributed by atoms with Gasteiger partial charge in [0.2, 0.25) is 0 Å². The first-order valence-electron chi connectivity index (χ1n) is 8.11. The summed E-state index contributed by atoms with van der Waals surface area (Å²) in [6.45, 7) is 8.20. The first-order chi connectivity index (χ1) is 10.8. The number of ether oxygens (including phenoxy) is 1. The average molecular weight is 340 g/mol. The van der Waals surface area contributed by atoms with Crippen LogP contribution in [0.3, 0.4) is 0 Å². The third-order valence-corrected chi connectivity index (χ3v) is 4.30. The third-order valence-electron chi connectivity index (χ3n) is 4.01. The number of hydrogen-bond donors (Lipinski definition) is 2. The summed E-state index contributed by atoms with van der Waals surface area (Å²) in [6, 6.07) is 2.22. The van der Waals surface area contributed by atoms with Gasteiger partial charge in [0.1, 0.15) is 5.60 Å². The van der Waals surface area contributed by atoms with Crippen molar-refractivity contribution in [3.05, 3.63) is 23.0 Å². The van der Waals surface area contributed by atoms with Crippen molar-refractivity contribution >= 4 is 23.4 Å². The van der Waals surface area contributed by atoms with Gasteiger partial charge in [-0.05, 0) is 58.1 Å². The molecule has 23 heavy (non-hydrogen) atoms. The highest BCUT2D eigenvalue weighted by molar-refractivity contribution is 6.32. The van der Waals surface area contributed by atoms with Gasteiger partial charge in [0.25, 0.3) is 0 Å². The summed E-state index contributed by atoms with van der Waals surface area (Å²) in [5, 5.41) is 6.89. The van der Waals surface area contributed by atoms with Crippen molar-refractivity contribution in [3.63, 3.8) is 0 Å². The lowest BCUT2D eigenvalue weighted by Gasteiger charge is -2.25. The molecule has 5 nitrogen and oxygen atoms in total. The molecule has 2 N–H and O–H groups in total. The van der Waals surface area contributed by atoms with E-state index in [-0.39, 0.29) is 12.1 Å². The van der Waals surface area contributed by atoms with E-state index in [0.29, 0.717) is 17.6 Å². The number of alkyl carbamates (subject to hydrolysis) is 1. The van der Waals surface area contributed by atoms with Gasteiger partial charge >= 0.3 is 6.09 Å². The van der Waals surface area contributed by atoms with Crippen molar-refractivity contribution in [2.75, 3.05) is 11.9 Å². The van der Waals surface area contributed by atoms with Crippen molar-refractivity contribution in [3.8, 4) is 0 Å². The molecule has 0 radical (unpaired) electrons. The minimum atomic E-state index is -0.474. The lowest BCUT2D eigenvalue weighted by molar-refractivity contribution is 0.0519. The van der Waals surface area contributed by atoms with E-state index in [9.17, 15) is 4.79 Å². The fourth-order valence-electron chi connectivity index (χ4n) is 2.88. The maximum absolute atomic E-state index is 11.8. The molecular weight excluding hydrogens is 314 g/mol. The standard InChI is InChI=1S/C17H26ClN3O2/c1-11-8-9-19-15(18)14(11)21-13-7-5-6-12(13)10-20-16(22)23-17(2,3)4/h8-9,12-13,21H,5-7,10H2,1-4H3,(H,20,22). The predicted molar refractivity (Wildman–Crippen MR) is 93.0 cm³/mol. The first-order valence-corrected chi connectivity index (χ1v) is 8.48. The number of carbonyl (C=O) groups is 1. The van der Waals surface area contributed by atoms with E-state index in [0.717, 1.165) is 30.5 Å². The van der Waals surface area contributed by atoms with Crippen molar-refractivity contribution in [1.29, 1.82) is 0 Å². The Morgan fingerprint density at radius 1 is 1.43 bits per heavy atom. The van der Waals surface area contributed by atoms with Gasteiger partial charge in [0.05, 0.1) is 5.69 Å². The van der Waals surface area contributed by atoms with Gasteiger partial charge in [-0.15, -0.1) is 0 Å². The van der Waals surface area contributed by atoms with Gasteiger partial charge in [0.15, 0.2) is 5.15 Å². The number of amides is 1. The maximum atomic E-state index is 11.8. The molecule has 0 saturated heterocycles. The molecule has 1 amide bonds. The van der Waals surface area contributed by atoms with Gasteiger partial charge in [-0.2, -0.15) is 0 Å². The molecule has 6 heteroatoms. The van der Waals surface area contributed by atoms with E-state index in [1.54, 1.807) is 6.20 Å².